The van der Waals surface area contributed by atoms with E-state index in [-0.39, 0.29) is 5.91 Å². The normalized spacial score (nSPS) is 10.4. The van der Waals surface area contributed by atoms with Gasteiger partial charge in [-0.15, -0.1) is 0 Å². The number of benzene rings is 1. The first-order chi connectivity index (χ1) is 8.56. The lowest BCUT2D eigenvalue weighted by Crippen LogP contribution is -2.23. The number of nitrogens with one attached hydrogen (secondary N) is 1. The van der Waals surface area contributed by atoms with E-state index in [4.69, 9.17) is 11.6 Å². The molecular weight excluding hydrogens is 316 g/mol. The quantitative estimate of drug-likeness (QED) is 0.921. The van der Waals surface area contributed by atoms with Gasteiger partial charge in [-0.3, -0.25) is 4.79 Å². The van der Waals surface area contributed by atoms with Gasteiger partial charge in [0, 0.05) is 34.0 Å². The molecule has 0 radical (unpaired) electrons. The summed E-state index contributed by atoms with van der Waals surface area (Å²) >= 11 is 9.22. The van der Waals surface area contributed by atoms with E-state index in [1.807, 2.05) is 29.9 Å². The van der Waals surface area contributed by atoms with E-state index in [0.717, 1.165) is 10.2 Å². The molecule has 0 bridgehead atoms. The summed E-state index contributed by atoms with van der Waals surface area (Å²) in [7, 11) is 1.94. The highest BCUT2D eigenvalue weighted by Gasteiger charge is 2.08. The molecule has 18 heavy (non-hydrogen) atoms. The topological polar surface area (TPSA) is 34.0 Å². The lowest BCUT2D eigenvalue weighted by atomic mass is 10.2. The number of carbonyl (C=O) groups is 1. The predicted molar refractivity (Wildman–Crippen MR) is 75.7 cm³/mol. The molecule has 0 unspecified atom stereocenters. The average molecular weight is 328 g/mol. The Morgan fingerprint density at radius 3 is 2.83 bits per heavy atom. The van der Waals surface area contributed by atoms with Crippen LogP contribution in [0.3, 0.4) is 0 Å². The van der Waals surface area contributed by atoms with Crippen molar-refractivity contribution < 1.29 is 4.79 Å². The number of aromatic nitrogens is 1. The third-order valence-electron chi connectivity index (χ3n) is 2.61. The second-order valence-corrected chi connectivity index (χ2v) is 5.30. The third-order valence-corrected chi connectivity index (χ3v) is 3.28. The summed E-state index contributed by atoms with van der Waals surface area (Å²) in [6, 6.07) is 9.04. The van der Waals surface area contributed by atoms with Gasteiger partial charge >= 0.3 is 0 Å². The molecule has 1 N–H and O–H groups in total. The maximum atomic E-state index is 12.0. The highest BCUT2D eigenvalue weighted by molar-refractivity contribution is 9.10. The van der Waals surface area contributed by atoms with Gasteiger partial charge < -0.3 is 9.88 Å². The van der Waals surface area contributed by atoms with E-state index in [2.05, 4.69) is 21.2 Å². The molecule has 0 aliphatic rings. The van der Waals surface area contributed by atoms with Gasteiger partial charge in [-0.2, -0.15) is 0 Å². The standard InChI is InChI=1S/C13H12BrClN2O/c1-17-4-2-3-12(17)8-16-13(18)9-5-10(14)7-11(15)6-9/h2-7H,8H2,1H3,(H,16,18). The van der Waals surface area contributed by atoms with Crippen molar-refractivity contribution in [2.45, 2.75) is 6.54 Å². The van der Waals surface area contributed by atoms with Gasteiger partial charge in [0.2, 0.25) is 0 Å². The highest BCUT2D eigenvalue weighted by atomic mass is 79.9. The Labute approximate surface area is 119 Å². The second-order valence-electron chi connectivity index (χ2n) is 3.95. The van der Waals surface area contributed by atoms with Crippen LogP contribution in [0.25, 0.3) is 0 Å². The van der Waals surface area contributed by atoms with Crippen LogP contribution in [-0.2, 0) is 13.6 Å². The first-order valence-electron chi connectivity index (χ1n) is 5.41. The minimum Gasteiger partial charge on any atom is -0.353 e. The lowest BCUT2D eigenvalue weighted by Gasteiger charge is -2.07. The zero-order valence-electron chi connectivity index (χ0n) is 9.78. The van der Waals surface area contributed by atoms with Crippen molar-refractivity contribution in [2.75, 3.05) is 0 Å². The summed E-state index contributed by atoms with van der Waals surface area (Å²) in [5, 5.41) is 3.39. The van der Waals surface area contributed by atoms with Gasteiger partial charge in [-0.05, 0) is 30.3 Å². The Morgan fingerprint density at radius 1 is 1.44 bits per heavy atom. The number of nitrogens with zero attached hydrogens (tertiary/aromatic N) is 1. The fraction of sp³-hybridized carbons (Fsp3) is 0.154. The number of hydrogen-bond donors (Lipinski definition) is 1. The first kappa shape index (κ1) is 13.2. The van der Waals surface area contributed by atoms with E-state index in [9.17, 15) is 4.79 Å². The smallest absolute Gasteiger partial charge is 0.251 e. The molecule has 0 saturated heterocycles. The maximum absolute atomic E-state index is 12.0. The van der Waals surface area contributed by atoms with Crippen molar-refractivity contribution in [1.82, 2.24) is 9.88 Å². The molecule has 0 saturated carbocycles. The molecular formula is C13H12BrClN2O. The van der Waals surface area contributed by atoms with Crippen molar-refractivity contribution in [3.05, 3.63) is 57.3 Å². The molecule has 94 valence electrons. The van der Waals surface area contributed by atoms with Crippen molar-refractivity contribution >= 4 is 33.4 Å². The zero-order valence-corrected chi connectivity index (χ0v) is 12.1. The molecule has 0 aliphatic heterocycles. The molecule has 5 heteroatoms. The van der Waals surface area contributed by atoms with Gasteiger partial charge in [0.05, 0.1) is 6.54 Å². The van der Waals surface area contributed by atoms with Crippen LogP contribution in [-0.4, -0.2) is 10.5 Å². The average Bonchev–Trinajstić information content (AvgIpc) is 2.70. The largest absolute Gasteiger partial charge is 0.353 e. The number of carbonyl (C=O) groups excluding carboxylic acids is 1. The Balaban J connectivity index is 2.06. The predicted octanol–water partition coefficient (Wildman–Crippen LogP) is 3.37. The van der Waals surface area contributed by atoms with Crippen LogP contribution in [0, 0.1) is 0 Å². The van der Waals surface area contributed by atoms with Gasteiger partial charge in [0.1, 0.15) is 0 Å². The van der Waals surface area contributed by atoms with Crippen LogP contribution < -0.4 is 5.32 Å². The molecule has 0 spiro atoms. The second kappa shape index (κ2) is 5.59. The molecule has 0 aliphatic carbocycles. The Kier molecular flexibility index (Phi) is 4.09. The summed E-state index contributed by atoms with van der Waals surface area (Å²) in [4.78, 5) is 12.0. The third kappa shape index (κ3) is 3.15. The van der Waals surface area contributed by atoms with E-state index < -0.39 is 0 Å². The van der Waals surface area contributed by atoms with Crippen LogP contribution in [0.5, 0.6) is 0 Å². The van der Waals surface area contributed by atoms with Gasteiger partial charge in [0.15, 0.2) is 0 Å². The molecule has 1 aromatic heterocycles. The van der Waals surface area contributed by atoms with E-state index in [1.54, 1.807) is 18.2 Å². The van der Waals surface area contributed by atoms with E-state index in [0.29, 0.717) is 17.1 Å². The Morgan fingerprint density at radius 2 is 2.22 bits per heavy atom. The SMILES string of the molecule is Cn1cccc1CNC(=O)c1cc(Cl)cc(Br)c1. The van der Waals surface area contributed by atoms with E-state index >= 15 is 0 Å². The molecule has 0 fully saturated rings. The molecule has 0 atom stereocenters. The van der Waals surface area contributed by atoms with Crippen LogP contribution in [0.4, 0.5) is 0 Å². The number of hydrogen-bond acceptors (Lipinski definition) is 1. The number of aryl methyl sites for hydroxylation is 1. The zero-order chi connectivity index (χ0) is 13.1. The van der Waals surface area contributed by atoms with Crippen LogP contribution >= 0.6 is 27.5 Å². The Hall–Kier alpha value is -1.26. The molecule has 1 heterocycles. The van der Waals surface area contributed by atoms with Crippen molar-refractivity contribution in [3.63, 3.8) is 0 Å². The van der Waals surface area contributed by atoms with Crippen molar-refractivity contribution in [3.8, 4) is 0 Å². The van der Waals surface area contributed by atoms with Crippen molar-refractivity contribution in [1.29, 1.82) is 0 Å². The highest BCUT2D eigenvalue weighted by Crippen LogP contribution is 2.19. The van der Waals surface area contributed by atoms with Crippen molar-refractivity contribution in [2.24, 2.45) is 7.05 Å². The van der Waals surface area contributed by atoms with Gasteiger partial charge in [0.25, 0.3) is 5.91 Å². The molecule has 2 aromatic rings. The molecule has 1 amide bonds. The minimum atomic E-state index is -0.139. The molecule has 1 aromatic carbocycles. The van der Waals surface area contributed by atoms with E-state index in [1.165, 1.54) is 0 Å². The fourth-order valence-corrected chi connectivity index (χ4v) is 2.50. The van der Waals surface area contributed by atoms with Crippen LogP contribution in [0.1, 0.15) is 16.1 Å². The first-order valence-corrected chi connectivity index (χ1v) is 6.58. The molecule has 2 rings (SSSR count). The summed E-state index contributed by atoms with van der Waals surface area (Å²) < 4.78 is 2.76. The fourth-order valence-electron chi connectivity index (χ4n) is 1.64. The molecule has 3 nitrogen and oxygen atoms in total. The lowest BCUT2D eigenvalue weighted by molar-refractivity contribution is 0.0950. The summed E-state index contributed by atoms with van der Waals surface area (Å²) in [6.07, 6.45) is 1.94. The number of amides is 1. The van der Waals surface area contributed by atoms with Gasteiger partial charge in [-0.25, -0.2) is 0 Å². The monoisotopic (exact) mass is 326 g/mol. The van der Waals surface area contributed by atoms with Gasteiger partial charge in [-0.1, -0.05) is 27.5 Å². The summed E-state index contributed by atoms with van der Waals surface area (Å²) in [5.41, 5.74) is 1.59. The Bertz CT molecular complexity index is 560. The summed E-state index contributed by atoms with van der Waals surface area (Å²) in [5.74, 6) is -0.139. The summed E-state index contributed by atoms with van der Waals surface area (Å²) in [6.45, 7) is 0.493. The minimum absolute atomic E-state index is 0.139. The maximum Gasteiger partial charge on any atom is 0.251 e. The number of halogens is 2. The van der Waals surface area contributed by atoms with Crippen LogP contribution in [0.15, 0.2) is 41.0 Å². The van der Waals surface area contributed by atoms with Crippen LogP contribution in [0.2, 0.25) is 5.02 Å². The number of rotatable bonds is 3.